The van der Waals surface area contributed by atoms with Crippen molar-refractivity contribution in [2.45, 2.75) is 26.3 Å². The number of rotatable bonds is 6. The van der Waals surface area contributed by atoms with Crippen molar-refractivity contribution >= 4 is 5.91 Å². The molecule has 0 aliphatic rings. The van der Waals surface area contributed by atoms with E-state index < -0.39 is 5.91 Å². The van der Waals surface area contributed by atoms with Gasteiger partial charge in [0.1, 0.15) is 29.4 Å². The van der Waals surface area contributed by atoms with Crippen molar-refractivity contribution in [2.24, 2.45) is 5.73 Å². The predicted molar refractivity (Wildman–Crippen MR) is 111 cm³/mol. The Morgan fingerprint density at radius 3 is 2.80 bits per heavy atom. The number of hydrogen-bond acceptors (Lipinski definition) is 4. The first-order chi connectivity index (χ1) is 14.4. The van der Waals surface area contributed by atoms with Crippen molar-refractivity contribution < 1.29 is 9.18 Å². The molecular weight excluding hydrogens is 383 g/mol. The Morgan fingerprint density at radius 1 is 1.20 bits per heavy atom. The van der Waals surface area contributed by atoms with Crippen LogP contribution in [0, 0.1) is 12.7 Å². The van der Waals surface area contributed by atoms with E-state index in [0.29, 0.717) is 35.0 Å². The van der Waals surface area contributed by atoms with Crippen LogP contribution in [0.3, 0.4) is 0 Å². The van der Waals surface area contributed by atoms with E-state index in [0.717, 1.165) is 5.56 Å². The van der Waals surface area contributed by atoms with Crippen molar-refractivity contribution in [1.82, 2.24) is 24.3 Å². The van der Waals surface area contributed by atoms with Gasteiger partial charge in [0, 0.05) is 12.2 Å². The van der Waals surface area contributed by atoms with Crippen LogP contribution in [0.1, 0.15) is 34.6 Å². The van der Waals surface area contributed by atoms with Gasteiger partial charge in [-0.1, -0.05) is 18.2 Å². The maximum absolute atomic E-state index is 13.9. The van der Waals surface area contributed by atoms with E-state index in [1.54, 1.807) is 54.3 Å². The molecule has 0 aliphatic heterocycles. The molecule has 0 bridgehead atoms. The summed E-state index contributed by atoms with van der Waals surface area (Å²) >= 11 is 0. The number of aromatic nitrogens is 5. The molecule has 0 saturated heterocycles. The summed E-state index contributed by atoms with van der Waals surface area (Å²) in [6.07, 6.45) is 3.99. The number of aryl methyl sites for hydroxylation is 1. The average Bonchev–Trinajstić information content (AvgIpc) is 3.40. The fourth-order valence-electron chi connectivity index (χ4n) is 3.41. The first-order valence-electron chi connectivity index (χ1n) is 9.53. The number of primary amides is 1. The van der Waals surface area contributed by atoms with E-state index in [4.69, 9.17) is 5.73 Å². The van der Waals surface area contributed by atoms with Gasteiger partial charge in [-0.3, -0.25) is 9.36 Å². The van der Waals surface area contributed by atoms with Crippen molar-refractivity contribution in [3.05, 3.63) is 83.7 Å². The van der Waals surface area contributed by atoms with Gasteiger partial charge in [-0.25, -0.2) is 9.37 Å². The summed E-state index contributed by atoms with van der Waals surface area (Å²) in [6.45, 7) is 3.76. The van der Waals surface area contributed by atoms with Crippen molar-refractivity contribution in [3.8, 4) is 17.3 Å². The maximum Gasteiger partial charge on any atom is 0.265 e. The molecule has 0 fully saturated rings. The third-order valence-corrected chi connectivity index (χ3v) is 5.03. The minimum atomic E-state index is -0.533. The van der Waals surface area contributed by atoms with Crippen LogP contribution in [0.15, 0.2) is 61.1 Å². The lowest BCUT2D eigenvalue weighted by molar-refractivity contribution is 0.0994. The van der Waals surface area contributed by atoms with Crippen LogP contribution >= 0.6 is 0 Å². The van der Waals surface area contributed by atoms with E-state index >= 15 is 0 Å². The molecule has 4 aromatic rings. The molecule has 0 spiro atoms. The number of halogens is 1. The van der Waals surface area contributed by atoms with Crippen LogP contribution in [0.25, 0.3) is 17.3 Å². The molecule has 0 aliphatic carbocycles. The topological polar surface area (TPSA) is 91.6 Å². The third-order valence-electron chi connectivity index (χ3n) is 5.03. The molecular formula is C22H21FN6O. The zero-order valence-corrected chi connectivity index (χ0v) is 16.7. The molecule has 3 heterocycles. The summed E-state index contributed by atoms with van der Waals surface area (Å²) in [5.74, 6) is 0.392. The first kappa shape index (κ1) is 19.5. The van der Waals surface area contributed by atoms with Gasteiger partial charge in [0.05, 0.1) is 0 Å². The maximum atomic E-state index is 13.9. The second-order valence-corrected chi connectivity index (χ2v) is 7.21. The van der Waals surface area contributed by atoms with E-state index in [-0.39, 0.29) is 11.9 Å². The second kappa shape index (κ2) is 7.90. The number of nitrogens with two attached hydrogens (primary N) is 1. The molecule has 3 aromatic heterocycles. The molecule has 30 heavy (non-hydrogen) atoms. The highest BCUT2D eigenvalue weighted by Crippen LogP contribution is 2.23. The lowest BCUT2D eigenvalue weighted by Gasteiger charge is -2.16. The smallest absolute Gasteiger partial charge is 0.265 e. The normalized spacial score (nSPS) is 12.1. The average molecular weight is 404 g/mol. The second-order valence-electron chi connectivity index (χ2n) is 7.21. The predicted octanol–water partition coefficient (Wildman–Crippen LogP) is 3.48. The third kappa shape index (κ3) is 3.71. The molecule has 4 rings (SSSR count). The van der Waals surface area contributed by atoms with Gasteiger partial charge in [0.2, 0.25) is 0 Å². The monoisotopic (exact) mass is 404 g/mol. The Morgan fingerprint density at radius 2 is 2.03 bits per heavy atom. The Labute approximate surface area is 173 Å². The number of pyridine rings is 1. The van der Waals surface area contributed by atoms with Crippen molar-refractivity contribution in [3.63, 3.8) is 0 Å². The van der Waals surface area contributed by atoms with Gasteiger partial charge in [-0.05, 0) is 61.7 Å². The summed E-state index contributed by atoms with van der Waals surface area (Å²) < 4.78 is 17.4. The molecule has 1 aromatic carbocycles. The SMILES string of the molecule is Cc1ccc(CC(C)n2cnnc2-c2cccc(-n3cccc3C(N)=O)n2)cc1F. The van der Waals surface area contributed by atoms with Crippen LogP contribution in [0.2, 0.25) is 0 Å². The highest BCUT2D eigenvalue weighted by Gasteiger charge is 2.17. The highest BCUT2D eigenvalue weighted by atomic mass is 19.1. The van der Waals surface area contributed by atoms with E-state index in [1.165, 1.54) is 0 Å². The number of amides is 1. The van der Waals surface area contributed by atoms with E-state index in [2.05, 4.69) is 15.2 Å². The Kier molecular flexibility index (Phi) is 5.14. The van der Waals surface area contributed by atoms with Crippen LogP contribution in [0.5, 0.6) is 0 Å². The summed E-state index contributed by atoms with van der Waals surface area (Å²) in [5, 5.41) is 8.29. The quantitative estimate of drug-likeness (QED) is 0.533. The Hall–Kier alpha value is -3.81. The lowest BCUT2D eigenvalue weighted by atomic mass is 10.0. The zero-order valence-electron chi connectivity index (χ0n) is 16.7. The van der Waals surface area contributed by atoms with E-state index in [9.17, 15) is 9.18 Å². The van der Waals surface area contributed by atoms with Crippen LogP contribution in [-0.2, 0) is 6.42 Å². The lowest BCUT2D eigenvalue weighted by Crippen LogP contribution is -2.16. The molecule has 8 heteroatoms. The number of hydrogen-bond donors (Lipinski definition) is 1. The van der Waals surface area contributed by atoms with Gasteiger partial charge in [0.15, 0.2) is 5.82 Å². The molecule has 1 atom stereocenters. The minimum absolute atomic E-state index is 0.0182. The van der Waals surface area contributed by atoms with Gasteiger partial charge in [-0.15, -0.1) is 10.2 Å². The Bertz CT molecular complexity index is 1210. The van der Waals surface area contributed by atoms with Gasteiger partial charge >= 0.3 is 0 Å². The summed E-state index contributed by atoms with van der Waals surface area (Å²) in [7, 11) is 0. The molecule has 1 amide bonds. The fraction of sp³-hybridized carbons (Fsp3) is 0.182. The molecule has 152 valence electrons. The number of benzene rings is 1. The Balaban J connectivity index is 1.65. The van der Waals surface area contributed by atoms with Crippen LogP contribution < -0.4 is 5.73 Å². The first-order valence-corrected chi connectivity index (χ1v) is 9.53. The van der Waals surface area contributed by atoms with Gasteiger partial charge in [-0.2, -0.15) is 0 Å². The minimum Gasteiger partial charge on any atom is -0.364 e. The fourth-order valence-corrected chi connectivity index (χ4v) is 3.41. The summed E-state index contributed by atoms with van der Waals surface area (Å²) in [4.78, 5) is 16.3. The largest absolute Gasteiger partial charge is 0.364 e. The van der Waals surface area contributed by atoms with Crippen LogP contribution in [-0.4, -0.2) is 30.2 Å². The standard InChI is InChI=1S/C22H21FN6O/c1-14-8-9-16(12-17(14)23)11-15(2)29-13-25-27-22(29)18-5-3-7-20(26-18)28-10-4-6-19(28)21(24)30/h3-10,12-13,15H,11H2,1-2H3,(H2,24,30). The van der Waals surface area contributed by atoms with Crippen molar-refractivity contribution in [2.75, 3.05) is 0 Å². The van der Waals surface area contributed by atoms with Crippen LogP contribution in [0.4, 0.5) is 4.39 Å². The van der Waals surface area contributed by atoms with Crippen molar-refractivity contribution in [1.29, 1.82) is 0 Å². The number of carbonyl (C=O) groups excluding carboxylic acids is 1. The van der Waals surface area contributed by atoms with Gasteiger partial charge in [0.25, 0.3) is 5.91 Å². The van der Waals surface area contributed by atoms with E-state index in [1.807, 2.05) is 29.7 Å². The number of carbonyl (C=O) groups is 1. The summed E-state index contributed by atoms with van der Waals surface area (Å²) in [6, 6.07) is 14.1. The summed E-state index contributed by atoms with van der Waals surface area (Å²) in [5.41, 5.74) is 7.91. The molecule has 0 radical (unpaired) electrons. The molecule has 1 unspecified atom stereocenters. The number of nitrogens with zero attached hydrogens (tertiary/aromatic N) is 5. The van der Waals surface area contributed by atoms with Gasteiger partial charge < -0.3 is 10.3 Å². The molecule has 2 N–H and O–H groups in total. The zero-order chi connectivity index (χ0) is 21.3. The molecule has 0 saturated carbocycles. The molecule has 7 nitrogen and oxygen atoms in total. The highest BCUT2D eigenvalue weighted by molar-refractivity contribution is 5.91.